The third-order valence-corrected chi connectivity index (χ3v) is 2.15. The normalized spacial score (nSPS) is 33.8. The summed E-state index contributed by atoms with van der Waals surface area (Å²) in [5.41, 5.74) is 0. The van der Waals surface area contributed by atoms with Crippen LogP contribution in [0.4, 0.5) is 13.6 Å². The predicted molar refractivity (Wildman–Crippen MR) is 31.4 cm³/mol. The SMILES string of the molecule is O=C1OCC2N1CCC2(F)F. The van der Waals surface area contributed by atoms with E-state index < -0.39 is 18.1 Å². The molecule has 0 aromatic heterocycles. The van der Waals surface area contributed by atoms with Crippen molar-refractivity contribution in [3.05, 3.63) is 0 Å². The van der Waals surface area contributed by atoms with Crippen LogP contribution in [0.15, 0.2) is 0 Å². The zero-order valence-electron chi connectivity index (χ0n) is 5.72. The maximum atomic E-state index is 12.8. The second-order valence-corrected chi connectivity index (χ2v) is 2.80. The Labute approximate surface area is 61.9 Å². The summed E-state index contributed by atoms with van der Waals surface area (Å²) in [6, 6.07) is -1.00. The van der Waals surface area contributed by atoms with Gasteiger partial charge in [-0.25, -0.2) is 13.6 Å². The molecule has 0 spiro atoms. The van der Waals surface area contributed by atoms with E-state index in [2.05, 4.69) is 4.74 Å². The van der Waals surface area contributed by atoms with Gasteiger partial charge in [0.2, 0.25) is 0 Å². The van der Waals surface area contributed by atoms with Crippen LogP contribution in [0.25, 0.3) is 0 Å². The van der Waals surface area contributed by atoms with Crippen molar-refractivity contribution in [2.24, 2.45) is 0 Å². The fraction of sp³-hybridized carbons (Fsp3) is 0.833. The topological polar surface area (TPSA) is 29.5 Å². The van der Waals surface area contributed by atoms with Crippen molar-refractivity contribution in [2.45, 2.75) is 18.4 Å². The molecule has 0 N–H and O–H groups in total. The summed E-state index contributed by atoms with van der Waals surface area (Å²) < 4.78 is 30.1. The van der Waals surface area contributed by atoms with Gasteiger partial charge in [0.1, 0.15) is 12.6 Å². The first-order chi connectivity index (χ1) is 5.11. The Kier molecular flexibility index (Phi) is 1.14. The number of rotatable bonds is 0. The van der Waals surface area contributed by atoms with E-state index in [1.54, 1.807) is 0 Å². The van der Waals surface area contributed by atoms with E-state index in [-0.39, 0.29) is 19.6 Å². The molecule has 3 nitrogen and oxygen atoms in total. The second kappa shape index (κ2) is 1.84. The van der Waals surface area contributed by atoms with Crippen LogP contribution in [0, 0.1) is 0 Å². The lowest BCUT2D eigenvalue weighted by Gasteiger charge is -2.15. The molecule has 2 rings (SSSR count). The molecule has 2 heterocycles. The maximum Gasteiger partial charge on any atom is 0.410 e. The van der Waals surface area contributed by atoms with Gasteiger partial charge in [-0.2, -0.15) is 0 Å². The summed E-state index contributed by atoms with van der Waals surface area (Å²) in [7, 11) is 0. The number of alkyl halides is 2. The van der Waals surface area contributed by atoms with E-state index in [0.29, 0.717) is 0 Å². The van der Waals surface area contributed by atoms with Crippen LogP contribution in [0.3, 0.4) is 0 Å². The molecule has 1 atom stereocenters. The number of hydrogen-bond donors (Lipinski definition) is 0. The number of cyclic esters (lactones) is 1. The molecule has 11 heavy (non-hydrogen) atoms. The Morgan fingerprint density at radius 2 is 2.36 bits per heavy atom. The van der Waals surface area contributed by atoms with Crippen molar-refractivity contribution >= 4 is 6.09 Å². The van der Waals surface area contributed by atoms with Crippen molar-refractivity contribution in [3.8, 4) is 0 Å². The summed E-state index contributed by atoms with van der Waals surface area (Å²) in [5, 5.41) is 0. The molecule has 0 radical (unpaired) electrons. The number of halogens is 2. The summed E-state index contributed by atoms with van der Waals surface area (Å²) >= 11 is 0. The minimum atomic E-state index is -2.74. The van der Waals surface area contributed by atoms with Gasteiger partial charge in [0.05, 0.1) is 0 Å². The fourth-order valence-electron chi connectivity index (χ4n) is 1.48. The smallest absolute Gasteiger partial charge is 0.410 e. The van der Waals surface area contributed by atoms with E-state index in [0.717, 1.165) is 4.90 Å². The molecule has 2 aliphatic heterocycles. The molecule has 0 bridgehead atoms. The molecule has 2 saturated heterocycles. The van der Waals surface area contributed by atoms with E-state index in [1.807, 2.05) is 0 Å². The number of carbonyl (C=O) groups excluding carboxylic acids is 1. The van der Waals surface area contributed by atoms with Crippen LogP contribution in [0.5, 0.6) is 0 Å². The molecule has 62 valence electrons. The largest absolute Gasteiger partial charge is 0.447 e. The average Bonchev–Trinajstić information content (AvgIpc) is 2.39. The summed E-state index contributed by atoms with van der Waals surface area (Å²) in [5.74, 6) is -2.74. The lowest BCUT2D eigenvalue weighted by atomic mass is 10.2. The van der Waals surface area contributed by atoms with Gasteiger partial charge in [-0.3, -0.25) is 4.90 Å². The van der Waals surface area contributed by atoms with Gasteiger partial charge in [0.25, 0.3) is 5.92 Å². The van der Waals surface area contributed by atoms with E-state index >= 15 is 0 Å². The molecular formula is C6H7F2NO2. The van der Waals surface area contributed by atoms with Crippen LogP contribution in [0.1, 0.15) is 6.42 Å². The first kappa shape index (κ1) is 6.82. The quantitative estimate of drug-likeness (QED) is 0.529. The Morgan fingerprint density at radius 3 is 3.00 bits per heavy atom. The van der Waals surface area contributed by atoms with Gasteiger partial charge < -0.3 is 4.74 Å². The molecule has 5 heteroatoms. The Bertz CT molecular complexity index is 207. The minimum Gasteiger partial charge on any atom is -0.447 e. The van der Waals surface area contributed by atoms with E-state index in [1.165, 1.54) is 0 Å². The van der Waals surface area contributed by atoms with Crippen LogP contribution < -0.4 is 0 Å². The molecule has 2 aliphatic rings. The molecule has 2 fully saturated rings. The molecule has 1 unspecified atom stereocenters. The van der Waals surface area contributed by atoms with Gasteiger partial charge in [0.15, 0.2) is 0 Å². The Balaban J connectivity index is 2.23. The van der Waals surface area contributed by atoms with Gasteiger partial charge in [0, 0.05) is 13.0 Å². The zero-order chi connectivity index (χ0) is 8.06. The Morgan fingerprint density at radius 1 is 1.64 bits per heavy atom. The van der Waals surface area contributed by atoms with Crippen LogP contribution in [-0.2, 0) is 4.74 Å². The highest BCUT2D eigenvalue weighted by Gasteiger charge is 2.55. The third-order valence-electron chi connectivity index (χ3n) is 2.15. The number of carbonyl (C=O) groups is 1. The molecule has 0 aromatic rings. The predicted octanol–water partition coefficient (Wildman–Crippen LogP) is 0.846. The Hall–Kier alpha value is -0.870. The number of hydrogen-bond acceptors (Lipinski definition) is 2. The first-order valence-electron chi connectivity index (χ1n) is 3.42. The standard InChI is InChI=1S/C6H7F2NO2/c7-6(8)1-2-9-4(6)3-11-5(9)10/h4H,1-3H2. The van der Waals surface area contributed by atoms with Gasteiger partial charge in [-0.05, 0) is 0 Å². The van der Waals surface area contributed by atoms with Crippen molar-refractivity contribution in [1.29, 1.82) is 0 Å². The van der Waals surface area contributed by atoms with E-state index in [9.17, 15) is 13.6 Å². The molecule has 0 aromatic carbocycles. The van der Waals surface area contributed by atoms with Crippen molar-refractivity contribution in [3.63, 3.8) is 0 Å². The maximum absolute atomic E-state index is 12.8. The summed E-state index contributed by atoms with van der Waals surface area (Å²) in [6.45, 7) is -0.0394. The third kappa shape index (κ3) is 0.797. The van der Waals surface area contributed by atoms with Crippen LogP contribution >= 0.6 is 0 Å². The number of nitrogens with zero attached hydrogens (tertiary/aromatic N) is 1. The van der Waals surface area contributed by atoms with Crippen LogP contribution in [0.2, 0.25) is 0 Å². The molecule has 1 amide bonds. The monoisotopic (exact) mass is 163 g/mol. The first-order valence-corrected chi connectivity index (χ1v) is 3.42. The molecule has 0 aliphatic carbocycles. The number of amides is 1. The highest BCUT2D eigenvalue weighted by molar-refractivity contribution is 5.70. The summed E-state index contributed by atoms with van der Waals surface area (Å²) in [4.78, 5) is 11.8. The fourth-order valence-corrected chi connectivity index (χ4v) is 1.48. The second-order valence-electron chi connectivity index (χ2n) is 2.80. The molecule has 0 saturated carbocycles. The van der Waals surface area contributed by atoms with Crippen molar-refractivity contribution in [1.82, 2.24) is 4.90 Å². The van der Waals surface area contributed by atoms with E-state index in [4.69, 9.17) is 0 Å². The number of fused-ring (bicyclic) bond motifs is 1. The zero-order valence-corrected chi connectivity index (χ0v) is 5.72. The summed E-state index contributed by atoms with van der Waals surface area (Å²) in [6.07, 6.45) is -0.834. The lowest BCUT2D eigenvalue weighted by Crippen LogP contribution is -2.36. The highest BCUT2D eigenvalue weighted by Crippen LogP contribution is 2.37. The number of ether oxygens (including phenoxy) is 1. The van der Waals surface area contributed by atoms with Crippen LogP contribution in [-0.4, -0.2) is 36.1 Å². The van der Waals surface area contributed by atoms with Gasteiger partial charge >= 0.3 is 6.09 Å². The average molecular weight is 163 g/mol. The molecular weight excluding hydrogens is 156 g/mol. The van der Waals surface area contributed by atoms with Gasteiger partial charge in [-0.15, -0.1) is 0 Å². The van der Waals surface area contributed by atoms with Crippen molar-refractivity contribution < 1.29 is 18.3 Å². The lowest BCUT2D eigenvalue weighted by molar-refractivity contribution is -0.0239. The minimum absolute atomic E-state index is 0.122. The van der Waals surface area contributed by atoms with Gasteiger partial charge in [-0.1, -0.05) is 0 Å². The van der Waals surface area contributed by atoms with Crippen molar-refractivity contribution in [2.75, 3.05) is 13.2 Å². The highest BCUT2D eigenvalue weighted by atomic mass is 19.3.